The highest BCUT2D eigenvalue weighted by Crippen LogP contribution is 2.43. The van der Waals surface area contributed by atoms with Gasteiger partial charge in [0.25, 0.3) is 5.91 Å². The first kappa shape index (κ1) is 21.1. The number of ether oxygens (including phenoxy) is 1. The number of carboxylic acids is 1. The van der Waals surface area contributed by atoms with Gasteiger partial charge in [-0.25, -0.2) is 4.79 Å². The van der Waals surface area contributed by atoms with E-state index in [2.05, 4.69) is 11.4 Å². The number of hydrogen-bond donors (Lipinski definition) is 2. The van der Waals surface area contributed by atoms with Gasteiger partial charge in [-0.3, -0.25) is 4.79 Å². The molecule has 1 amide bonds. The van der Waals surface area contributed by atoms with Crippen LogP contribution in [0.25, 0.3) is 5.57 Å². The van der Waals surface area contributed by atoms with E-state index in [1.165, 1.54) is 0 Å². The lowest BCUT2D eigenvalue weighted by Crippen LogP contribution is -2.46. The lowest BCUT2D eigenvalue weighted by Gasteiger charge is -2.40. The second-order valence-electron chi connectivity index (χ2n) is 8.05. The Kier molecular flexibility index (Phi) is 5.83. The average Bonchev–Trinajstić information content (AvgIpc) is 2.79. The molecule has 2 aliphatic heterocycles. The minimum atomic E-state index is -0.968. The van der Waals surface area contributed by atoms with Gasteiger partial charge in [0, 0.05) is 37.1 Å². The smallest absolute Gasteiger partial charge is 0.335 e. The van der Waals surface area contributed by atoms with Crippen LogP contribution in [0.15, 0.2) is 48.5 Å². The van der Waals surface area contributed by atoms with Gasteiger partial charge in [0.1, 0.15) is 11.4 Å². The molecule has 1 saturated heterocycles. The highest BCUT2D eigenvalue weighted by molar-refractivity contribution is 5.96. The van der Waals surface area contributed by atoms with E-state index in [4.69, 9.17) is 4.74 Å². The molecule has 0 aliphatic carbocycles. The molecule has 2 N–H and O–H groups in total. The number of benzene rings is 2. The number of amides is 1. The average molecular weight is 421 g/mol. The van der Waals surface area contributed by atoms with Crippen LogP contribution in [0.3, 0.4) is 0 Å². The first-order valence-electron chi connectivity index (χ1n) is 10.9. The summed E-state index contributed by atoms with van der Waals surface area (Å²) in [6.45, 7) is 7.01. The number of carbonyl (C=O) groups is 2. The maximum absolute atomic E-state index is 12.7. The summed E-state index contributed by atoms with van der Waals surface area (Å²) in [5.74, 6) is -0.252. The van der Waals surface area contributed by atoms with Crippen molar-refractivity contribution in [1.82, 2.24) is 10.2 Å². The third kappa shape index (κ3) is 4.08. The Hall–Kier alpha value is -3.12. The van der Waals surface area contributed by atoms with Crippen molar-refractivity contribution in [3.63, 3.8) is 0 Å². The first-order valence-corrected chi connectivity index (χ1v) is 10.9. The number of carboxylic acid groups (broad SMARTS) is 1. The molecule has 2 aromatic rings. The van der Waals surface area contributed by atoms with Crippen LogP contribution >= 0.6 is 0 Å². The van der Waals surface area contributed by atoms with Gasteiger partial charge < -0.3 is 20.1 Å². The van der Waals surface area contributed by atoms with Crippen molar-refractivity contribution >= 4 is 17.4 Å². The number of piperidine rings is 1. The number of nitrogens with one attached hydrogen (secondary N) is 1. The molecule has 6 nitrogen and oxygen atoms in total. The normalized spacial score (nSPS) is 16.8. The van der Waals surface area contributed by atoms with Gasteiger partial charge in [0.15, 0.2) is 0 Å². The van der Waals surface area contributed by atoms with E-state index in [1.54, 1.807) is 23.1 Å². The summed E-state index contributed by atoms with van der Waals surface area (Å²) in [6, 6.07) is 12.6. The van der Waals surface area contributed by atoms with Crippen LogP contribution in [0.4, 0.5) is 0 Å². The van der Waals surface area contributed by atoms with E-state index < -0.39 is 11.6 Å². The van der Waals surface area contributed by atoms with Gasteiger partial charge in [-0.1, -0.05) is 12.1 Å². The molecule has 1 spiro atoms. The lowest BCUT2D eigenvalue weighted by atomic mass is 9.83. The second kappa shape index (κ2) is 8.55. The molecule has 162 valence electrons. The monoisotopic (exact) mass is 420 g/mol. The molecule has 2 aliphatic rings. The highest BCUT2D eigenvalue weighted by Gasteiger charge is 2.37. The number of carbonyl (C=O) groups excluding carboxylic acids is 1. The van der Waals surface area contributed by atoms with Crippen LogP contribution in [0.1, 0.15) is 58.5 Å². The highest BCUT2D eigenvalue weighted by atomic mass is 16.5. The number of nitrogens with zero attached hydrogens (tertiary/aromatic N) is 1. The fraction of sp³-hybridized carbons (Fsp3) is 0.360. The molecule has 2 aromatic carbocycles. The van der Waals surface area contributed by atoms with E-state index in [9.17, 15) is 14.7 Å². The molecule has 0 radical (unpaired) electrons. The van der Waals surface area contributed by atoms with Gasteiger partial charge in [0.2, 0.25) is 0 Å². The van der Waals surface area contributed by atoms with E-state index in [1.807, 2.05) is 38.1 Å². The summed E-state index contributed by atoms with van der Waals surface area (Å²) < 4.78 is 6.40. The van der Waals surface area contributed by atoms with Crippen molar-refractivity contribution in [3.8, 4) is 5.75 Å². The van der Waals surface area contributed by atoms with Crippen LogP contribution < -0.4 is 10.1 Å². The minimum Gasteiger partial charge on any atom is -0.482 e. The number of fused-ring (bicyclic) bond motifs is 1. The molecule has 4 rings (SSSR count). The largest absolute Gasteiger partial charge is 0.482 e. The van der Waals surface area contributed by atoms with Crippen LogP contribution in [-0.2, 0) is 0 Å². The van der Waals surface area contributed by atoms with Gasteiger partial charge in [0.05, 0.1) is 5.56 Å². The predicted octanol–water partition coefficient (Wildman–Crippen LogP) is 3.81. The number of rotatable bonds is 5. The third-order valence-corrected chi connectivity index (χ3v) is 6.18. The van der Waals surface area contributed by atoms with Crippen molar-refractivity contribution < 1.29 is 19.4 Å². The van der Waals surface area contributed by atoms with Crippen LogP contribution in [-0.4, -0.2) is 53.7 Å². The second-order valence-corrected chi connectivity index (χ2v) is 8.05. The summed E-state index contributed by atoms with van der Waals surface area (Å²) >= 11 is 0. The van der Waals surface area contributed by atoms with Crippen molar-refractivity contribution in [2.24, 2.45) is 0 Å². The minimum absolute atomic E-state index is 0.0147. The van der Waals surface area contributed by atoms with Crippen LogP contribution in [0.5, 0.6) is 5.75 Å². The van der Waals surface area contributed by atoms with E-state index in [0.29, 0.717) is 24.4 Å². The molecule has 0 saturated carbocycles. The van der Waals surface area contributed by atoms with Gasteiger partial charge in [-0.15, -0.1) is 0 Å². The topological polar surface area (TPSA) is 78.9 Å². The molecule has 0 unspecified atom stereocenters. The van der Waals surface area contributed by atoms with Gasteiger partial charge in [-0.05, 0) is 74.5 Å². The van der Waals surface area contributed by atoms with Crippen molar-refractivity contribution in [1.29, 1.82) is 0 Å². The molecular weight excluding hydrogens is 392 g/mol. The molecule has 6 heteroatoms. The maximum Gasteiger partial charge on any atom is 0.335 e. The quantitative estimate of drug-likeness (QED) is 0.769. The van der Waals surface area contributed by atoms with Gasteiger partial charge in [-0.2, -0.15) is 0 Å². The summed E-state index contributed by atoms with van der Waals surface area (Å²) in [7, 11) is 0. The number of aromatic carboxylic acids is 1. The zero-order valence-electron chi connectivity index (χ0n) is 18.0. The standard InChI is InChI=1S/C25H28N2O4/c1-3-27(4-2)23(28)18-7-5-17(6-8-18)21-16-25(11-13-26-14-12-25)31-22-10-9-19(24(29)30)15-20(21)22/h5-10,15-16,26H,3-4,11-14H2,1-2H3,(H,29,30). The van der Waals surface area contributed by atoms with E-state index in [0.717, 1.165) is 42.6 Å². The SMILES string of the molecule is CCN(CC)C(=O)c1ccc(C2=CC3(CCNCC3)Oc3ccc(C(=O)O)cc32)cc1. The molecule has 0 aromatic heterocycles. The van der Waals surface area contributed by atoms with Crippen LogP contribution in [0.2, 0.25) is 0 Å². The Labute approximate surface area is 182 Å². The fourth-order valence-electron chi connectivity index (χ4n) is 4.37. The Balaban J connectivity index is 1.76. The summed E-state index contributed by atoms with van der Waals surface area (Å²) in [6.07, 6.45) is 3.83. The summed E-state index contributed by atoms with van der Waals surface area (Å²) in [5.41, 5.74) is 3.13. The summed E-state index contributed by atoms with van der Waals surface area (Å²) in [5, 5.41) is 12.8. The Morgan fingerprint density at radius 1 is 1.03 bits per heavy atom. The third-order valence-electron chi connectivity index (χ3n) is 6.18. The Morgan fingerprint density at radius 3 is 2.29 bits per heavy atom. The van der Waals surface area contributed by atoms with E-state index in [-0.39, 0.29) is 11.5 Å². The van der Waals surface area contributed by atoms with Crippen LogP contribution in [0, 0.1) is 0 Å². The maximum atomic E-state index is 12.7. The molecule has 2 heterocycles. The van der Waals surface area contributed by atoms with Crippen molar-refractivity contribution in [2.45, 2.75) is 32.3 Å². The zero-order valence-corrected chi connectivity index (χ0v) is 18.0. The van der Waals surface area contributed by atoms with Crippen molar-refractivity contribution in [2.75, 3.05) is 26.2 Å². The predicted molar refractivity (Wildman–Crippen MR) is 120 cm³/mol. The fourth-order valence-corrected chi connectivity index (χ4v) is 4.37. The molecule has 1 fully saturated rings. The van der Waals surface area contributed by atoms with E-state index >= 15 is 0 Å². The molecule has 0 atom stereocenters. The van der Waals surface area contributed by atoms with Gasteiger partial charge >= 0.3 is 5.97 Å². The first-order chi connectivity index (χ1) is 15.0. The molecular formula is C25H28N2O4. The number of hydrogen-bond acceptors (Lipinski definition) is 4. The molecule has 0 bridgehead atoms. The zero-order chi connectivity index (χ0) is 22.0. The lowest BCUT2D eigenvalue weighted by molar-refractivity contribution is 0.0695. The summed E-state index contributed by atoms with van der Waals surface area (Å²) in [4.78, 5) is 26.0. The Bertz CT molecular complexity index is 1020. The van der Waals surface area contributed by atoms with Crippen molar-refractivity contribution in [3.05, 3.63) is 70.8 Å². The Morgan fingerprint density at radius 2 is 1.68 bits per heavy atom. The molecule has 31 heavy (non-hydrogen) atoms.